The van der Waals surface area contributed by atoms with Gasteiger partial charge in [0.05, 0.1) is 6.10 Å². The number of aliphatic hydroxyl groups excluding tert-OH is 1. The quantitative estimate of drug-likeness (QED) is 0.800. The van der Waals surface area contributed by atoms with Gasteiger partial charge in [-0.1, -0.05) is 18.2 Å². The highest BCUT2D eigenvalue weighted by Crippen LogP contribution is 2.25. The third-order valence-corrected chi connectivity index (χ3v) is 2.94. The second-order valence-corrected chi connectivity index (χ2v) is 4.38. The van der Waals surface area contributed by atoms with Gasteiger partial charge in [0.2, 0.25) is 0 Å². The van der Waals surface area contributed by atoms with E-state index in [-0.39, 0.29) is 6.10 Å². The van der Waals surface area contributed by atoms with E-state index in [1.54, 1.807) is 0 Å². The standard InChI is InChI=1S/C13H19NO/c1-11(15)10-14-9-5-4-7-12-6-2-3-8-13(12)14/h2-3,6,8,11,15H,4-5,7,9-10H2,1H3/t11-/m1/s1. The van der Waals surface area contributed by atoms with Crippen LogP contribution in [0.15, 0.2) is 24.3 Å². The molecule has 0 amide bonds. The SMILES string of the molecule is C[C@@H](O)CN1CCCCc2ccccc21. The molecule has 1 atom stereocenters. The van der Waals surface area contributed by atoms with Gasteiger partial charge in [-0.05, 0) is 37.8 Å². The Morgan fingerprint density at radius 1 is 1.33 bits per heavy atom. The lowest BCUT2D eigenvalue weighted by Gasteiger charge is -2.26. The highest BCUT2D eigenvalue weighted by Gasteiger charge is 2.15. The molecule has 0 saturated carbocycles. The summed E-state index contributed by atoms with van der Waals surface area (Å²) < 4.78 is 0. The molecule has 0 radical (unpaired) electrons. The molecule has 0 aliphatic carbocycles. The molecule has 1 aliphatic rings. The number of para-hydroxylation sites is 1. The van der Waals surface area contributed by atoms with Crippen molar-refractivity contribution < 1.29 is 5.11 Å². The maximum atomic E-state index is 9.48. The fourth-order valence-electron chi connectivity index (χ4n) is 2.28. The number of rotatable bonds is 2. The molecule has 0 aromatic heterocycles. The van der Waals surface area contributed by atoms with E-state index in [0.29, 0.717) is 0 Å². The normalized spacial score (nSPS) is 18.1. The number of fused-ring (bicyclic) bond motifs is 1. The van der Waals surface area contributed by atoms with Crippen LogP contribution in [-0.4, -0.2) is 24.3 Å². The minimum Gasteiger partial charge on any atom is -0.392 e. The number of nitrogens with zero attached hydrogens (tertiary/aromatic N) is 1. The minimum absolute atomic E-state index is 0.254. The molecule has 0 spiro atoms. The highest BCUT2D eigenvalue weighted by atomic mass is 16.3. The molecule has 1 aromatic rings. The maximum absolute atomic E-state index is 9.48. The van der Waals surface area contributed by atoms with Gasteiger partial charge >= 0.3 is 0 Å². The first kappa shape index (κ1) is 10.5. The Labute approximate surface area is 91.5 Å². The molecule has 15 heavy (non-hydrogen) atoms. The number of hydrogen-bond acceptors (Lipinski definition) is 2. The van der Waals surface area contributed by atoms with Crippen LogP contribution in [0.1, 0.15) is 25.3 Å². The maximum Gasteiger partial charge on any atom is 0.0687 e. The van der Waals surface area contributed by atoms with Crippen molar-refractivity contribution >= 4 is 5.69 Å². The van der Waals surface area contributed by atoms with Gasteiger partial charge < -0.3 is 10.0 Å². The number of hydrogen-bond donors (Lipinski definition) is 1. The van der Waals surface area contributed by atoms with Crippen LogP contribution in [0.5, 0.6) is 0 Å². The zero-order valence-electron chi connectivity index (χ0n) is 9.32. The predicted molar refractivity (Wildman–Crippen MR) is 63.3 cm³/mol. The zero-order chi connectivity index (χ0) is 10.7. The Kier molecular flexibility index (Phi) is 3.27. The van der Waals surface area contributed by atoms with E-state index in [0.717, 1.165) is 13.1 Å². The van der Waals surface area contributed by atoms with Gasteiger partial charge in [-0.15, -0.1) is 0 Å². The fourth-order valence-corrected chi connectivity index (χ4v) is 2.28. The lowest BCUT2D eigenvalue weighted by atomic mass is 10.1. The Hall–Kier alpha value is -1.02. The van der Waals surface area contributed by atoms with Crippen molar-refractivity contribution in [2.24, 2.45) is 0 Å². The average Bonchev–Trinajstić information content (AvgIpc) is 2.41. The topological polar surface area (TPSA) is 23.5 Å². The van der Waals surface area contributed by atoms with E-state index < -0.39 is 0 Å². The van der Waals surface area contributed by atoms with Crippen LogP contribution in [0.3, 0.4) is 0 Å². The van der Waals surface area contributed by atoms with E-state index in [4.69, 9.17) is 0 Å². The van der Waals surface area contributed by atoms with Crippen molar-refractivity contribution in [3.8, 4) is 0 Å². The molecule has 0 bridgehead atoms. The molecule has 82 valence electrons. The van der Waals surface area contributed by atoms with Gasteiger partial charge in [0.25, 0.3) is 0 Å². The van der Waals surface area contributed by atoms with Crippen molar-refractivity contribution in [3.05, 3.63) is 29.8 Å². The summed E-state index contributed by atoms with van der Waals surface area (Å²) in [5.41, 5.74) is 2.74. The Morgan fingerprint density at radius 2 is 2.13 bits per heavy atom. The molecule has 0 unspecified atom stereocenters. The van der Waals surface area contributed by atoms with Crippen LogP contribution >= 0.6 is 0 Å². The van der Waals surface area contributed by atoms with Crippen LogP contribution in [-0.2, 0) is 6.42 Å². The Balaban J connectivity index is 2.24. The fraction of sp³-hybridized carbons (Fsp3) is 0.538. The molecule has 1 aromatic carbocycles. The van der Waals surface area contributed by atoms with E-state index >= 15 is 0 Å². The molecule has 1 N–H and O–H groups in total. The van der Waals surface area contributed by atoms with Gasteiger partial charge in [-0.3, -0.25) is 0 Å². The van der Waals surface area contributed by atoms with E-state index in [1.165, 1.54) is 30.5 Å². The first-order valence-electron chi connectivity index (χ1n) is 5.78. The van der Waals surface area contributed by atoms with E-state index in [1.807, 2.05) is 6.92 Å². The van der Waals surface area contributed by atoms with Gasteiger partial charge in [0, 0.05) is 18.8 Å². The summed E-state index contributed by atoms with van der Waals surface area (Å²) in [6.45, 7) is 3.67. The number of benzene rings is 1. The summed E-state index contributed by atoms with van der Waals surface area (Å²) in [6, 6.07) is 8.56. The molecule has 0 fully saturated rings. The summed E-state index contributed by atoms with van der Waals surface area (Å²) in [6.07, 6.45) is 3.40. The monoisotopic (exact) mass is 205 g/mol. The summed E-state index contributed by atoms with van der Waals surface area (Å²) in [4.78, 5) is 2.31. The van der Waals surface area contributed by atoms with Crippen molar-refractivity contribution in [3.63, 3.8) is 0 Å². The Morgan fingerprint density at radius 3 is 2.93 bits per heavy atom. The zero-order valence-corrected chi connectivity index (χ0v) is 9.32. The molecular formula is C13H19NO. The molecule has 1 aliphatic heterocycles. The van der Waals surface area contributed by atoms with Crippen molar-refractivity contribution in [1.29, 1.82) is 0 Å². The van der Waals surface area contributed by atoms with Crippen LogP contribution in [0, 0.1) is 0 Å². The number of β-amino-alcohol motifs (C(OH)–C–C–N with tert-alkyl or cyclic N) is 1. The molecular weight excluding hydrogens is 186 g/mol. The summed E-state index contributed by atoms with van der Waals surface area (Å²) in [7, 11) is 0. The van der Waals surface area contributed by atoms with Crippen LogP contribution < -0.4 is 4.90 Å². The lowest BCUT2D eigenvalue weighted by Crippen LogP contribution is -2.31. The van der Waals surface area contributed by atoms with Crippen LogP contribution in [0.25, 0.3) is 0 Å². The lowest BCUT2D eigenvalue weighted by molar-refractivity contribution is 0.200. The first-order valence-corrected chi connectivity index (χ1v) is 5.78. The van der Waals surface area contributed by atoms with E-state index in [2.05, 4.69) is 29.2 Å². The number of aliphatic hydroxyl groups is 1. The smallest absolute Gasteiger partial charge is 0.0687 e. The van der Waals surface area contributed by atoms with E-state index in [9.17, 15) is 5.11 Å². The largest absolute Gasteiger partial charge is 0.392 e. The second kappa shape index (κ2) is 4.67. The first-order chi connectivity index (χ1) is 7.27. The molecule has 2 heteroatoms. The predicted octanol–water partition coefficient (Wildman–Crippen LogP) is 2.21. The van der Waals surface area contributed by atoms with Gasteiger partial charge in [0.1, 0.15) is 0 Å². The summed E-state index contributed by atoms with van der Waals surface area (Å²) >= 11 is 0. The average molecular weight is 205 g/mol. The van der Waals surface area contributed by atoms with Crippen LogP contribution in [0.2, 0.25) is 0 Å². The number of anilines is 1. The highest BCUT2D eigenvalue weighted by molar-refractivity contribution is 5.54. The third-order valence-electron chi connectivity index (χ3n) is 2.94. The van der Waals surface area contributed by atoms with Crippen LogP contribution in [0.4, 0.5) is 5.69 Å². The summed E-state index contributed by atoms with van der Waals surface area (Å²) in [5.74, 6) is 0. The van der Waals surface area contributed by atoms with Crippen molar-refractivity contribution in [1.82, 2.24) is 0 Å². The molecule has 1 heterocycles. The molecule has 0 saturated heterocycles. The molecule has 2 nitrogen and oxygen atoms in total. The molecule has 2 rings (SSSR count). The van der Waals surface area contributed by atoms with Crippen molar-refractivity contribution in [2.45, 2.75) is 32.3 Å². The van der Waals surface area contributed by atoms with Gasteiger partial charge in [-0.2, -0.15) is 0 Å². The summed E-state index contributed by atoms with van der Waals surface area (Å²) in [5, 5.41) is 9.48. The van der Waals surface area contributed by atoms with Gasteiger partial charge in [0.15, 0.2) is 0 Å². The van der Waals surface area contributed by atoms with Crippen molar-refractivity contribution in [2.75, 3.05) is 18.0 Å². The minimum atomic E-state index is -0.254. The second-order valence-electron chi connectivity index (χ2n) is 4.38. The Bertz CT molecular complexity index is 322. The number of aryl methyl sites for hydroxylation is 1. The van der Waals surface area contributed by atoms with Gasteiger partial charge in [-0.25, -0.2) is 0 Å². The third kappa shape index (κ3) is 2.51.